The highest BCUT2D eigenvalue weighted by Crippen LogP contribution is 2.61. The SMILES string of the molecule is C[C@@H](C(=O)OCC(=O)Nc1cccc(C(F)(F)F)c1)N1C(=O)[C@@H]2C3c4ccccc4C(c4ccccc43)[C@@H]2C1=O. The third-order valence-corrected chi connectivity index (χ3v) is 8.03. The minimum atomic E-state index is -4.59. The number of esters is 1. The Labute approximate surface area is 226 Å². The van der Waals surface area contributed by atoms with Crippen molar-refractivity contribution in [3.63, 3.8) is 0 Å². The van der Waals surface area contributed by atoms with Crippen molar-refractivity contribution < 1.29 is 37.1 Å². The van der Waals surface area contributed by atoms with E-state index in [-0.39, 0.29) is 17.5 Å². The Morgan fingerprint density at radius 3 is 1.82 bits per heavy atom. The van der Waals surface area contributed by atoms with Gasteiger partial charge in [-0.2, -0.15) is 13.2 Å². The molecule has 10 heteroatoms. The Morgan fingerprint density at radius 1 is 0.850 bits per heavy atom. The van der Waals surface area contributed by atoms with E-state index in [4.69, 9.17) is 4.74 Å². The lowest BCUT2D eigenvalue weighted by Crippen LogP contribution is -2.45. The number of halogens is 3. The van der Waals surface area contributed by atoms with E-state index in [1.54, 1.807) is 0 Å². The van der Waals surface area contributed by atoms with Crippen LogP contribution in [-0.2, 0) is 30.1 Å². The van der Waals surface area contributed by atoms with Crippen LogP contribution in [0.5, 0.6) is 0 Å². The first-order valence-electron chi connectivity index (χ1n) is 12.8. The zero-order chi connectivity index (χ0) is 28.3. The van der Waals surface area contributed by atoms with Crippen LogP contribution in [-0.4, -0.2) is 41.2 Å². The van der Waals surface area contributed by atoms with E-state index < -0.39 is 59.9 Å². The smallest absolute Gasteiger partial charge is 0.416 e. The normalized spacial score (nSPS) is 23.2. The molecule has 1 N–H and O–H groups in total. The second-order valence-electron chi connectivity index (χ2n) is 10.2. The number of likely N-dealkylation sites (tertiary alicyclic amines) is 1. The number of anilines is 1. The lowest BCUT2D eigenvalue weighted by Gasteiger charge is -2.45. The maximum atomic E-state index is 13.7. The molecule has 3 atom stereocenters. The number of benzene rings is 3. The van der Waals surface area contributed by atoms with Crippen molar-refractivity contribution in [2.24, 2.45) is 11.8 Å². The molecule has 0 aromatic heterocycles. The van der Waals surface area contributed by atoms with Crippen LogP contribution in [0, 0.1) is 11.8 Å². The fourth-order valence-electron chi connectivity index (χ4n) is 6.42. The molecule has 1 saturated heterocycles. The quantitative estimate of drug-likeness (QED) is 0.375. The van der Waals surface area contributed by atoms with Gasteiger partial charge in [-0.1, -0.05) is 54.6 Å². The molecule has 4 aliphatic rings. The molecule has 7 nitrogen and oxygen atoms in total. The van der Waals surface area contributed by atoms with Crippen LogP contribution in [0.2, 0.25) is 0 Å². The summed E-state index contributed by atoms with van der Waals surface area (Å²) in [5.74, 6) is -4.75. The Morgan fingerprint density at radius 2 is 1.35 bits per heavy atom. The third-order valence-electron chi connectivity index (χ3n) is 8.03. The van der Waals surface area contributed by atoms with Gasteiger partial charge in [-0.15, -0.1) is 0 Å². The van der Waals surface area contributed by atoms with Crippen LogP contribution in [0.25, 0.3) is 0 Å². The second kappa shape index (κ2) is 9.32. The van der Waals surface area contributed by atoms with Crippen molar-refractivity contribution >= 4 is 29.4 Å². The number of alkyl halides is 3. The van der Waals surface area contributed by atoms with Crippen molar-refractivity contribution in [3.05, 3.63) is 101 Å². The maximum Gasteiger partial charge on any atom is 0.416 e. The fraction of sp³-hybridized carbons (Fsp3) is 0.267. The van der Waals surface area contributed by atoms with E-state index >= 15 is 0 Å². The predicted molar refractivity (Wildman–Crippen MR) is 136 cm³/mol. The van der Waals surface area contributed by atoms with Gasteiger partial charge in [0.2, 0.25) is 11.8 Å². The number of amides is 3. The van der Waals surface area contributed by atoms with Crippen molar-refractivity contribution in [1.82, 2.24) is 4.90 Å². The molecule has 204 valence electrons. The molecule has 0 radical (unpaired) electrons. The first kappa shape index (κ1) is 25.8. The highest BCUT2D eigenvalue weighted by molar-refractivity contribution is 6.10. The van der Waals surface area contributed by atoms with Gasteiger partial charge in [0, 0.05) is 17.5 Å². The third kappa shape index (κ3) is 3.97. The van der Waals surface area contributed by atoms with Gasteiger partial charge in [0.1, 0.15) is 6.04 Å². The molecule has 40 heavy (non-hydrogen) atoms. The van der Waals surface area contributed by atoms with Crippen molar-refractivity contribution in [2.75, 3.05) is 11.9 Å². The summed E-state index contributed by atoms with van der Waals surface area (Å²) in [6.07, 6.45) is -4.59. The van der Waals surface area contributed by atoms with Gasteiger partial charge in [0.05, 0.1) is 17.4 Å². The predicted octanol–water partition coefficient (Wildman–Crippen LogP) is 4.47. The highest BCUT2D eigenvalue weighted by atomic mass is 19.4. The Kier molecular flexibility index (Phi) is 6.01. The van der Waals surface area contributed by atoms with Crippen LogP contribution in [0.1, 0.15) is 46.6 Å². The number of rotatable bonds is 5. The number of carbonyl (C=O) groups excluding carboxylic acids is 4. The molecule has 3 aromatic carbocycles. The first-order chi connectivity index (χ1) is 19.1. The summed E-state index contributed by atoms with van der Waals surface area (Å²) in [5.41, 5.74) is 2.93. The monoisotopic (exact) mass is 548 g/mol. The standard InChI is InChI=1S/C30H23F3N2O5/c1-15(29(39)40-14-22(36)34-17-8-6-7-16(13-17)30(31,32)33)35-27(37)25-23-18-9-2-3-10-19(18)24(26(25)28(35)38)21-12-5-4-11-20(21)23/h2-13,15,23-26H,14H2,1H3,(H,34,36)/t15-,23?,24?,25-,26+/m0/s1. The van der Waals surface area contributed by atoms with Crippen molar-refractivity contribution in [1.29, 1.82) is 0 Å². The van der Waals surface area contributed by atoms with E-state index in [0.717, 1.165) is 45.4 Å². The van der Waals surface area contributed by atoms with E-state index in [2.05, 4.69) is 5.32 Å². The lowest BCUT2D eigenvalue weighted by atomic mass is 9.55. The minimum Gasteiger partial charge on any atom is -0.454 e. The summed E-state index contributed by atoms with van der Waals surface area (Å²) in [6, 6.07) is 18.2. The molecule has 1 heterocycles. The van der Waals surface area contributed by atoms with Crippen molar-refractivity contribution in [3.8, 4) is 0 Å². The molecule has 2 bridgehead atoms. The summed E-state index contributed by atoms with van der Waals surface area (Å²) < 4.78 is 43.9. The maximum absolute atomic E-state index is 13.7. The van der Waals surface area contributed by atoms with E-state index in [0.29, 0.717) is 0 Å². The molecule has 0 spiro atoms. The van der Waals surface area contributed by atoms with Crippen molar-refractivity contribution in [2.45, 2.75) is 31.0 Å². The summed E-state index contributed by atoms with van der Waals surface area (Å²) in [4.78, 5) is 53.6. The minimum absolute atomic E-state index is 0.118. The highest BCUT2D eigenvalue weighted by Gasteiger charge is 2.62. The van der Waals surface area contributed by atoms with Gasteiger partial charge in [0.15, 0.2) is 6.61 Å². The van der Waals surface area contributed by atoms with Crippen LogP contribution in [0.15, 0.2) is 72.8 Å². The Balaban J connectivity index is 1.18. The number of hydrogen-bond donors (Lipinski definition) is 1. The average molecular weight is 549 g/mol. The lowest BCUT2D eigenvalue weighted by molar-refractivity contribution is -0.159. The summed E-state index contributed by atoms with van der Waals surface area (Å²) in [6.45, 7) is 0.562. The van der Waals surface area contributed by atoms with Gasteiger partial charge in [0.25, 0.3) is 5.91 Å². The van der Waals surface area contributed by atoms with Crippen LogP contribution in [0.3, 0.4) is 0 Å². The summed E-state index contributed by atoms with van der Waals surface area (Å²) in [7, 11) is 0. The average Bonchev–Trinajstić information content (AvgIpc) is 3.21. The topological polar surface area (TPSA) is 92.8 Å². The molecule has 7 rings (SSSR count). The Hall–Kier alpha value is -4.47. The van der Waals surface area contributed by atoms with Gasteiger partial charge < -0.3 is 10.1 Å². The molecule has 3 amide bonds. The number of imide groups is 1. The first-order valence-corrected chi connectivity index (χ1v) is 12.8. The van der Waals surface area contributed by atoms with Crippen LogP contribution < -0.4 is 5.32 Å². The number of nitrogens with one attached hydrogen (secondary N) is 1. The van der Waals surface area contributed by atoms with Gasteiger partial charge >= 0.3 is 12.1 Å². The molecule has 3 aliphatic carbocycles. The number of carbonyl (C=O) groups is 4. The van der Waals surface area contributed by atoms with E-state index in [9.17, 15) is 32.3 Å². The molecule has 0 saturated carbocycles. The number of ether oxygens (including phenoxy) is 1. The van der Waals surface area contributed by atoms with E-state index in [1.807, 2.05) is 48.5 Å². The van der Waals surface area contributed by atoms with Crippen LogP contribution in [0.4, 0.5) is 18.9 Å². The second-order valence-corrected chi connectivity index (χ2v) is 10.2. The van der Waals surface area contributed by atoms with Gasteiger partial charge in [-0.05, 0) is 47.4 Å². The molecule has 0 unspecified atom stereocenters. The van der Waals surface area contributed by atoms with Gasteiger partial charge in [-0.25, -0.2) is 4.79 Å². The van der Waals surface area contributed by atoms with Crippen LogP contribution >= 0.6 is 0 Å². The fourth-order valence-corrected chi connectivity index (χ4v) is 6.42. The van der Waals surface area contributed by atoms with E-state index in [1.165, 1.54) is 13.0 Å². The largest absolute Gasteiger partial charge is 0.454 e. The zero-order valence-electron chi connectivity index (χ0n) is 21.1. The molecular formula is C30H23F3N2O5. The molecule has 3 aromatic rings. The number of nitrogens with zero attached hydrogens (tertiary/aromatic N) is 1. The summed E-state index contributed by atoms with van der Waals surface area (Å²) >= 11 is 0. The molecular weight excluding hydrogens is 525 g/mol. The molecule has 1 aliphatic heterocycles. The molecule has 1 fully saturated rings. The zero-order valence-corrected chi connectivity index (χ0v) is 21.1. The van der Waals surface area contributed by atoms with Gasteiger partial charge in [-0.3, -0.25) is 19.3 Å². The summed E-state index contributed by atoms with van der Waals surface area (Å²) in [5, 5.41) is 2.25. The Bertz CT molecular complexity index is 1450. The number of hydrogen-bond acceptors (Lipinski definition) is 5.